The van der Waals surface area contributed by atoms with E-state index in [4.69, 9.17) is 46.4 Å². The molecule has 1 heterocycles. The molecular formula is C16H10Cl4N2O. The molecule has 3 nitrogen and oxygen atoms in total. The third kappa shape index (κ3) is 3.48. The molecule has 0 amide bonds. The summed E-state index contributed by atoms with van der Waals surface area (Å²) in [5, 5.41) is 7.07. The van der Waals surface area contributed by atoms with E-state index in [0.29, 0.717) is 27.2 Å². The van der Waals surface area contributed by atoms with Crippen LogP contribution in [0.3, 0.4) is 0 Å². The Bertz CT molecular complexity index is 789. The number of benzene rings is 2. The number of rotatable bonds is 3. The zero-order valence-electron chi connectivity index (χ0n) is 11.6. The van der Waals surface area contributed by atoms with Crippen LogP contribution in [0.5, 0.6) is 0 Å². The van der Waals surface area contributed by atoms with Gasteiger partial charge in [-0.15, -0.1) is 0 Å². The van der Waals surface area contributed by atoms with Crippen molar-refractivity contribution >= 4 is 63.0 Å². The molecule has 0 saturated carbocycles. The zero-order valence-corrected chi connectivity index (χ0v) is 14.7. The molecule has 1 aliphatic rings. The summed E-state index contributed by atoms with van der Waals surface area (Å²) in [6.45, 7) is 0. The van der Waals surface area contributed by atoms with Gasteiger partial charge in [-0.1, -0.05) is 46.9 Å². The normalized spacial score (nSPS) is 17.3. The van der Waals surface area contributed by atoms with Crippen molar-refractivity contribution in [2.75, 3.05) is 5.01 Å². The summed E-state index contributed by atoms with van der Waals surface area (Å²) in [6, 6.07) is 12.3. The Morgan fingerprint density at radius 2 is 1.70 bits per heavy atom. The van der Waals surface area contributed by atoms with Crippen LogP contribution in [0, 0.1) is 0 Å². The van der Waals surface area contributed by atoms with Crippen LogP contribution in [0.15, 0.2) is 47.6 Å². The van der Waals surface area contributed by atoms with E-state index in [1.807, 2.05) is 12.1 Å². The van der Waals surface area contributed by atoms with Crippen molar-refractivity contribution in [1.29, 1.82) is 0 Å². The van der Waals surface area contributed by atoms with Crippen molar-refractivity contribution in [3.63, 3.8) is 0 Å². The average Bonchev–Trinajstić information content (AvgIpc) is 2.93. The zero-order chi connectivity index (χ0) is 16.6. The van der Waals surface area contributed by atoms with Crippen molar-refractivity contribution in [3.8, 4) is 0 Å². The fourth-order valence-corrected chi connectivity index (χ4v) is 3.20. The Balaban J connectivity index is 2.04. The average molecular weight is 388 g/mol. The van der Waals surface area contributed by atoms with Gasteiger partial charge in [0.15, 0.2) is 0 Å². The van der Waals surface area contributed by atoms with E-state index in [9.17, 15) is 4.79 Å². The second-order valence-electron chi connectivity index (χ2n) is 5.03. The molecule has 0 aliphatic carbocycles. The molecule has 0 radical (unpaired) electrons. The van der Waals surface area contributed by atoms with E-state index in [1.54, 1.807) is 35.3 Å². The van der Waals surface area contributed by atoms with Gasteiger partial charge in [0, 0.05) is 16.5 Å². The van der Waals surface area contributed by atoms with E-state index in [2.05, 4.69) is 5.10 Å². The molecular weight excluding hydrogens is 378 g/mol. The number of anilines is 1. The lowest BCUT2D eigenvalue weighted by Gasteiger charge is -2.25. The number of hydrazone groups is 1. The maximum absolute atomic E-state index is 11.5. The second-order valence-corrected chi connectivity index (χ2v) is 6.66. The summed E-state index contributed by atoms with van der Waals surface area (Å²) >= 11 is 23.8. The van der Waals surface area contributed by atoms with Gasteiger partial charge in [0.2, 0.25) is 0 Å². The number of carbonyl (C=O) groups is 1. The van der Waals surface area contributed by atoms with Crippen LogP contribution in [-0.4, -0.2) is 11.0 Å². The van der Waals surface area contributed by atoms with Crippen LogP contribution in [0.2, 0.25) is 15.1 Å². The van der Waals surface area contributed by atoms with Gasteiger partial charge in [0.1, 0.15) is 5.71 Å². The first-order valence-electron chi connectivity index (χ1n) is 6.73. The third-order valence-electron chi connectivity index (χ3n) is 3.55. The van der Waals surface area contributed by atoms with Crippen molar-refractivity contribution in [1.82, 2.24) is 0 Å². The summed E-state index contributed by atoms with van der Waals surface area (Å²) in [5.41, 5.74) is 1.90. The summed E-state index contributed by atoms with van der Waals surface area (Å²) in [4.78, 5) is 11.5. The molecule has 0 spiro atoms. The molecule has 0 saturated heterocycles. The van der Waals surface area contributed by atoms with E-state index in [1.165, 1.54) is 0 Å². The van der Waals surface area contributed by atoms with Crippen molar-refractivity contribution in [2.24, 2.45) is 5.10 Å². The van der Waals surface area contributed by atoms with Gasteiger partial charge in [0.25, 0.3) is 5.24 Å². The number of hydrogen-bond donors (Lipinski definition) is 0. The van der Waals surface area contributed by atoms with Crippen molar-refractivity contribution in [3.05, 3.63) is 63.1 Å². The summed E-state index contributed by atoms with van der Waals surface area (Å²) < 4.78 is 0. The summed E-state index contributed by atoms with van der Waals surface area (Å²) in [6.07, 6.45) is 0.392. The second kappa shape index (κ2) is 6.70. The van der Waals surface area contributed by atoms with Gasteiger partial charge in [0.05, 0.1) is 16.8 Å². The predicted octanol–water partition coefficient (Wildman–Crippen LogP) is 5.72. The first kappa shape index (κ1) is 16.6. The Hall–Kier alpha value is -1.26. The highest BCUT2D eigenvalue weighted by atomic mass is 35.5. The third-order valence-corrected chi connectivity index (χ3v) is 4.56. The number of hydrogen-bond acceptors (Lipinski definition) is 3. The first-order chi connectivity index (χ1) is 11.0. The van der Waals surface area contributed by atoms with E-state index < -0.39 is 5.24 Å². The highest BCUT2D eigenvalue weighted by Crippen LogP contribution is 2.40. The molecule has 0 aromatic heterocycles. The molecule has 118 valence electrons. The number of halogens is 4. The molecule has 0 N–H and O–H groups in total. The lowest BCUT2D eigenvalue weighted by molar-refractivity contribution is -0.106. The molecule has 1 atom stereocenters. The molecule has 0 fully saturated rings. The van der Waals surface area contributed by atoms with E-state index >= 15 is 0 Å². The maximum atomic E-state index is 11.5. The van der Waals surface area contributed by atoms with Crippen molar-refractivity contribution < 1.29 is 4.79 Å². The molecule has 23 heavy (non-hydrogen) atoms. The Morgan fingerprint density at radius 3 is 2.30 bits per heavy atom. The minimum absolute atomic E-state index is 0.191. The van der Waals surface area contributed by atoms with Crippen LogP contribution >= 0.6 is 46.4 Å². The fraction of sp³-hybridized carbons (Fsp3) is 0.125. The minimum Gasteiger partial charge on any atom is -0.274 e. The topological polar surface area (TPSA) is 32.7 Å². The maximum Gasteiger partial charge on any atom is 0.268 e. The van der Waals surface area contributed by atoms with Gasteiger partial charge in [-0.2, -0.15) is 5.10 Å². The Labute approximate surface area is 153 Å². The standard InChI is InChI=1S/C16H10Cl4N2O/c17-10-3-1-9(2-4-10)15-8-13(16(20)23)21-22(15)14-6-5-11(18)7-12(14)19/h1-7,15H,8H2/t15-/m0/s1. The quantitative estimate of drug-likeness (QED) is 0.631. The molecule has 2 aromatic rings. The lowest BCUT2D eigenvalue weighted by Crippen LogP contribution is -2.18. The van der Waals surface area contributed by atoms with E-state index in [-0.39, 0.29) is 11.8 Å². The summed E-state index contributed by atoms with van der Waals surface area (Å²) in [7, 11) is 0. The Morgan fingerprint density at radius 1 is 1.04 bits per heavy atom. The lowest BCUT2D eigenvalue weighted by atomic mass is 10.0. The largest absolute Gasteiger partial charge is 0.274 e. The smallest absolute Gasteiger partial charge is 0.268 e. The predicted molar refractivity (Wildman–Crippen MR) is 96.0 cm³/mol. The number of carbonyl (C=O) groups excluding carboxylic acids is 1. The van der Waals surface area contributed by atoms with Crippen LogP contribution in [0.4, 0.5) is 5.69 Å². The van der Waals surface area contributed by atoms with Crippen LogP contribution in [0.25, 0.3) is 0 Å². The SMILES string of the molecule is O=C(Cl)C1=NN(c2ccc(Cl)cc2Cl)[C@H](c2ccc(Cl)cc2)C1. The van der Waals surface area contributed by atoms with Crippen LogP contribution in [0.1, 0.15) is 18.0 Å². The molecule has 7 heteroatoms. The van der Waals surface area contributed by atoms with E-state index in [0.717, 1.165) is 5.56 Å². The monoisotopic (exact) mass is 386 g/mol. The molecule has 3 rings (SSSR count). The van der Waals surface area contributed by atoms with Gasteiger partial charge in [-0.25, -0.2) is 0 Å². The van der Waals surface area contributed by atoms with Gasteiger partial charge in [-0.3, -0.25) is 9.80 Å². The molecule has 2 aromatic carbocycles. The summed E-state index contributed by atoms with van der Waals surface area (Å²) in [5.74, 6) is 0. The van der Waals surface area contributed by atoms with Gasteiger partial charge >= 0.3 is 0 Å². The molecule has 0 bridgehead atoms. The van der Waals surface area contributed by atoms with Crippen molar-refractivity contribution in [2.45, 2.75) is 12.5 Å². The molecule has 1 aliphatic heterocycles. The minimum atomic E-state index is -0.573. The Kier molecular flexibility index (Phi) is 4.83. The highest BCUT2D eigenvalue weighted by molar-refractivity contribution is 6.82. The fourth-order valence-electron chi connectivity index (χ4n) is 2.46. The van der Waals surface area contributed by atoms with Crippen LogP contribution in [-0.2, 0) is 4.79 Å². The molecule has 0 unspecified atom stereocenters. The van der Waals surface area contributed by atoms with Crippen LogP contribution < -0.4 is 5.01 Å². The number of nitrogens with zero attached hydrogens (tertiary/aromatic N) is 2. The highest BCUT2D eigenvalue weighted by Gasteiger charge is 2.32. The first-order valence-corrected chi connectivity index (χ1v) is 8.24. The van der Waals surface area contributed by atoms with Gasteiger partial charge in [-0.05, 0) is 47.5 Å². The van der Waals surface area contributed by atoms with Gasteiger partial charge < -0.3 is 0 Å².